The second kappa shape index (κ2) is 8.82. The third-order valence-corrected chi connectivity index (χ3v) is 3.65. The van der Waals surface area contributed by atoms with Gasteiger partial charge in [0.2, 0.25) is 5.13 Å². The van der Waals surface area contributed by atoms with E-state index in [9.17, 15) is 0 Å². The molecule has 0 unspecified atom stereocenters. The summed E-state index contributed by atoms with van der Waals surface area (Å²) in [4.78, 5) is 4.43. The van der Waals surface area contributed by atoms with E-state index in [1.807, 2.05) is 11.8 Å². The Hall–Kier alpha value is -0.290. The van der Waals surface area contributed by atoms with Crippen LogP contribution in [-0.2, 0) is 6.42 Å². The molecule has 3 nitrogen and oxygen atoms in total. The molecule has 5 heteroatoms. The van der Waals surface area contributed by atoms with E-state index in [-0.39, 0.29) is 0 Å². The van der Waals surface area contributed by atoms with Crippen molar-refractivity contribution in [1.82, 2.24) is 9.36 Å². The van der Waals surface area contributed by atoms with Crippen LogP contribution in [0.1, 0.15) is 38.4 Å². The van der Waals surface area contributed by atoms with E-state index in [1.54, 1.807) is 0 Å². The first-order valence-corrected chi connectivity index (χ1v) is 8.09. The number of thioether (sulfide) groups is 1. The molecular weight excluding hydrogens is 238 g/mol. The number of rotatable bonds is 9. The molecule has 0 aliphatic carbocycles. The van der Waals surface area contributed by atoms with Gasteiger partial charge in [-0.25, -0.2) is 4.98 Å². The lowest BCUT2D eigenvalue weighted by Crippen LogP contribution is -2.01. The largest absolute Gasteiger partial charge is 0.360 e. The molecule has 92 valence electrons. The van der Waals surface area contributed by atoms with Crippen LogP contribution < -0.4 is 5.32 Å². The summed E-state index contributed by atoms with van der Waals surface area (Å²) in [6.07, 6.45) is 8.11. The van der Waals surface area contributed by atoms with Gasteiger partial charge in [0, 0.05) is 24.5 Å². The highest BCUT2D eigenvalue weighted by molar-refractivity contribution is 7.98. The van der Waals surface area contributed by atoms with Crippen molar-refractivity contribution in [1.29, 1.82) is 0 Å². The van der Waals surface area contributed by atoms with Gasteiger partial charge in [-0.15, -0.1) is 0 Å². The molecule has 1 N–H and O–H groups in total. The van der Waals surface area contributed by atoms with Gasteiger partial charge in [-0.2, -0.15) is 16.1 Å². The van der Waals surface area contributed by atoms with Crippen LogP contribution in [0.2, 0.25) is 0 Å². The lowest BCUT2D eigenvalue weighted by atomic mass is 10.2. The molecule has 0 aliphatic rings. The summed E-state index contributed by atoms with van der Waals surface area (Å²) in [7, 11) is 0. The number of nitrogens with zero attached hydrogens (tertiary/aromatic N) is 2. The van der Waals surface area contributed by atoms with Crippen molar-refractivity contribution < 1.29 is 0 Å². The van der Waals surface area contributed by atoms with Gasteiger partial charge < -0.3 is 5.32 Å². The highest BCUT2D eigenvalue weighted by Crippen LogP contribution is 2.12. The maximum atomic E-state index is 4.43. The normalized spacial score (nSPS) is 10.6. The summed E-state index contributed by atoms with van der Waals surface area (Å²) in [6.45, 7) is 3.18. The molecule has 16 heavy (non-hydrogen) atoms. The van der Waals surface area contributed by atoms with E-state index in [0.717, 1.165) is 30.3 Å². The summed E-state index contributed by atoms with van der Waals surface area (Å²) in [5, 5.41) is 4.32. The van der Waals surface area contributed by atoms with E-state index in [1.165, 1.54) is 36.5 Å². The zero-order valence-corrected chi connectivity index (χ0v) is 11.8. The zero-order valence-electron chi connectivity index (χ0n) is 10.2. The topological polar surface area (TPSA) is 37.8 Å². The monoisotopic (exact) mass is 259 g/mol. The van der Waals surface area contributed by atoms with Gasteiger partial charge in [0.05, 0.1) is 0 Å². The van der Waals surface area contributed by atoms with Crippen molar-refractivity contribution in [3.8, 4) is 0 Å². The molecular formula is C11H21N3S2. The fourth-order valence-corrected chi connectivity index (χ4v) is 2.52. The molecule has 0 aliphatic heterocycles. The molecule has 0 saturated heterocycles. The highest BCUT2D eigenvalue weighted by Gasteiger charge is 2.01. The lowest BCUT2D eigenvalue weighted by molar-refractivity contribution is 0.749. The minimum atomic E-state index is 0.980. The Morgan fingerprint density at radius 1 is 1.31 bits per heavy atom. The summed E-state index contributed by atoms with van der Waals surface area (Å²) in [5.74, 6) is 2.26. The predicted molar refractivity (Wildman–Crippen MR) is 74.6 cm³/mol. The van der Waals surface area contributed by atoms with Crippen LogP contribution in [0.15, 0.2) is 0 Å². The average molecular weight is 259 g/mol. The van der Waals surface area contributed by atoms with Gasteiger partial charge in [0.1, 0.15) is 5.82 Å². The van der Waals surface area contributed by atoms with Crippen LogP contribution >= 0.6 is 23.3 Å². The summed E-state index contributed by atoms with van der Waals surface area (Å²) in [6, 6.07) is 0. The third kappa shape index (κ3) is 5.70. The lowest BCUT2D eigenvalue weighted by Gasteiger charge is -2.01. The summed E-state index contributed by atoms with van der Waals surface area (Å²) >= 11 is 3.41. The van der Waals surface area contributed by atoms with Crippen LogP contribution in [-0.4, -0.2) is 27.9 Å². The van der Waals surface area contributed by atoms with Gasteiger partial charge in [0.25, 0.3) is 0 Å². The first kappa shape index (κ1) is 13.8. The second-order valence-corrected chi connectivity index (χ2v) is 5.48. The number of anilines is 1. The maximum Gasteiger partial charge on any atom is 0.202 e. The van der Waals surface area contributed by atoms with E-state index >= 15 is 0 Å². The number of unbranched alkanes of at least 4 members (excludes halogenated alkanes) is 2. The molecule has 1 heterocycles. The first-order valence-electron chi connectivity index (χ1n) is 5.92. The molecule has 0 atom stereocenters. The van der Waals surface area contributed by atoms with Crippen molar-refractivity contribution in [2.75, 3.05) is 23.9 Å². The van der Waals surface area contributed by atoms with E-state index in [0.29, 0.717) is 0 Å². The number of aromatic nitrogens is 2. The smallest absolute Gasteiger partial charge is 0.202 e. The molecule has 0 bridgehead atoms. The van der Waals surface area contributed by atoms with Crippen LogP contribution in [0.4, 0.5) is 5.13 Å². The number of nitrogens with one attached hydrogen (secondary N) is 1. The minimum absolute atomic E-state index is 0.980. The Bertz CT molecular complexity index is 276. The fourth-order valence-electron chi connectivity index (χ4n) is 1.39. The van der Waals surface area contributed by atoms with Crippen molar-refractivity contribution in [2.24, 2.45) is 0 Å². The van der Waals surface area contributed by atoms with Crippen molar-refractivity contribution in [3.05, 3.63) is 5.82 Å². The van der Waals surface area contributed by atoms with E-state index in [2.05, 4.69) is 27.9 Å². The number of aryl methyl sites for hydroxylation is 1. The van der Waals surface area contributed by atoms with Gasteiger partial charge in [-0.05, 0) is 31.3 Å². The fraction of sp³-hybridized carbons (Fsp3) is 0.818. The van der Waals surface area contributed by atoms with Crippen LogP contribution in [0.5, 0.6) is 0 Å². The average Bonchev–Trinajstić information content (AvgIpc) is 2.72. The van der Waals surface area contributed by atoms with Crippen molar-refractivity contribution in [2.45, 2.75) is 39.0 Å². The molecule has 1 aromatic heterocycles. The SMILES string of the molecule is CCCc1nsc(NCCCCCSC)n1. The van der Waals surface area contributed by atoms with Crippen LogP contribution in [0.3, 0.4) is 0 Å². The summed E-state index contributed by atoms with van der Waals surface area (Å²) < 4.78 is 4.30. The van der Waals surface area contributed by atoms with Crippen molar-refractivity contribution >= 4 is 28.4 Å². The molecule has 1 aromatic rings. The van der Waals surface area contributed by atoms with Gasteiger partial charge in [-0.1, -0.05) is 13.3 Å². The molecule has 0 spiro atoms. The Kier molecular flexibility index (Phi) is 7.59. The zero-order chi connectivity index (χ0) is 11.6. The highest BCUT2D eigenvalue weighted by atomic mass is 32.2. The minimum Gasteiger partial charge on any atom is -0.360 e. The molecule has 0 aromatic carbocycles. The summed E-state index contributed by atoms with van der Waals surface area (Å²) in [5.41, 5.74) is 0. The molecule has 0 radical (unpaired) electrons. The standard InChI is InChI=1S/C11H21N3S2/c1-3-7-10-13-11(16-14-10)12-8-5-4-6-9-15-2/h3-9H2,1-2H3,(H,12,13,14). The van der Waals surface area contributed by atoms with Gasteiger partial charge >= 0.3 is 0 Å². The first-order chi connectivity index (χ1) is 7.86. The molecule has 0 amide bonds. The maximum absolute atomic E-state index is 4.43. The Labute approximate surface area is 107 Å². The Balaban J connectivity index is 2.07. The Morgan fingerprint density at radius 3 is 2.94 bits per heavy atom. The quantitative estimate of drug-likeness (QED) is 0.689. The number of hydrogen-bond donors (Lipinski definition) is 1. The van der Waals surface area contributed by atoms with Crippen LogP contribution in [0.25, 0.3) is 0 Å². The third-order valence-electron chi connectivity index (χ3n) is 2.24. The molecule has 1 rings (SSSR count). The second-order valence-electron chi connectivity index (χ2n) is 3.75. The molecule has 0 fully saturated rings. The van der Waals surface area contributed by atoms with E-state index < -0.39 is 0 Å². The number of hydrogen-bond acceptors (Lipinski definition) is 5. The Morgan fingerprint density at radius 2 is 2.19 bits per heavy atom. The van der Waals surface area contributed by atoms with Gasteiger partial charge in [0.15, 0.2) is 0 Å². The van der Waals surface area contributed by atoms with Crippen molar-refractivity contribution in [3.63, 3.8) is 0 Å². The molecule has 0 saturated carbocycles. The van der Waals surface area contributed by atoms with Crippen LogP contribution in [0, 0.1) is 0 Å². The van der Waals surface area contributed by atoms with E-state index in [4.69, 9.17) is 0 Å². The van der Waals surface area contributed by atoms with Gasteiger partial charge in [-0.3, -0.25) is 0 Å². The predicted octanol–water partition coefficient (Wildman–Crippen LogP) is 3.44.